The van der Waals surface area contributed by atoms with Crippen molar-refractivity contribution in [2.45, 2.75) is 27.7 Å². The maximum absolute atomic E-state index is 10.8. The fraction of sp³-hybridized carbons (Fsp3) is 0.143. The minimum absolute atomic E-state index is 0.0469. The lowest BCUT2D eigenvalue weighted by atomic mass is 10.1. The summed E-state index contributed by atoms with van der Waals surface area (Å²) in [5, 5.41) is 32.1. The van der Waals surface area contributed by atoms with Crippen molar-refractivity contribution in [3.63, 3.8) is 0 Å². The highest BCUT2D eigenvalue weighted by atomic mass is 16.5. The van der Waals surface area contributed by atoms with E-state index in [1.807, 2.05) is 76.2 Å². The van der Waals surface area contributed by atoms with Crippen LogP contribution in [0.1, 0.15) is 22.3 Å². The van der Waals surface area contributed by atoms with Gasteiger partial charge in [0.25, 0.3) is 0 Å². The van der Waals surface area contributed by atoms with Gasteiger partial charge in [-0.15, -0.1) is 0 Å². The molecule has 168 valence electrons. The first-order chi connectivity index (χ1) is 15.7. The summed E-state index contributed by atoms with van der Waals surface area (Å²) in [6, 6.07) is 21.5. The van der Waals surface area contributed by atoms with E-state index in [1.165, 1.54) is 0 Å². The van der Waals surface area contributed by atoms with Crippen LogP contribution < -0.4 is 9.64 Å². The summed E-state index contributed by atoms with van der Waals surface area (Å²) in [5.74, 6) is 0.985. The third-order valence-electron chi connectivity index (χ3n) is 5.46. The minimum Gasteiger partial charge on any atom is -0.506 e. The zero-order chi connectivity index (χ0) is 23.7. The lowest BCUT2D eigenvalue weighted by Crippen LogP contribution is -2.12. The number of rotatable bonds is 5. The van der Waals surface area contributed by atoms with Gasteiger partial charge in [0.15, 0.2) is 17.2 Å². The molecule has 0 aliphatic carbocycles. The van der Waals surface area contributed by atoms with Gasteiger partial charge >= 0.3 is 0 Å². The Morgan fingerprint density at radius 1 is 0.576 bits per heavy atom. The molecule has 5 nitrogen and oxygen atoms in total. The molecule has 0 saturated heterocycles. The fourth-order valence-corrected chi connectivity index (χ4v) is 3.92. The number of para-hydroxylation sites is 2. The molecule has 33 heavy (non-hydrogen) atoms. The first-order valence-corrected chi connectivity index (χ1v) is 10.7. The van der Waals surface area contributed by atoms with Crippen molar-refractivity contribution in [2.24, 2.45) is 0 Å². The Morgan fingerprint density at radius 3 is 1.73 bits per heavy atom. The predicted molar refractivity (Wildman–Crippen MR) is 132 cm³/mol. The van der Waals surface area contributed by atoms with Crippen LogP contribution in [-0.4, -0.2) is 15.3 Å². The van der Waals surface area contributed by atoms with Crippen LogP contribution in [0.15, 0.2) is 72.8 Å². The molecular weight excluding hydrogens is 414 g/mol. The highest BCUT2D eigenvalue weighted by molar-refractivity contribution is 5.86. The molecule has 5 heteroatoms. The molecule has 3 N–H and O–H groups in total. The number of aryl methyl sites for hydroxylation is 4. The lowest BCUT2D eigenvalue weighted by molar-refractivity contribution is 0.409. The second-order valence-electron chi connectivity index (χ2n) is 8.32. The molecule has 0 fully saturated rings. The predicted octanol–water partition coefficient (Wildman–Crippen LogP) is 7.30. The van der Waals surface area contributed by atoms with Crippen molar-refractivity contribution >= 4 is 17.1 Å². The van der Waals surface area contributed by atoms with Gasteiger partial charge in [-0.25, -0.2) is 0 Å². The van der Waals surface area contributed by atoms with Crippen LogP contribution in [0.2, 0.25) is 0 Å². The average Bonchev–Trinajstić information content (AvgIpc) is 2.76. The van der Waals surface area contributed by atoms with E-state index >= 15 is 0 Å². The molecule has 0 heterocycles. The van der Waals surface area contributed by atoms with E-state index in [-0.39, 0.29) is 17.2 Å². The molecule has 0 aliphatic heterocycles. The number of nitrogens with zero attached hydrogens (tertiary/aromatic N) is 1. The Hall–Kier alpha value is -4.12. The summed E-state index contributed by atoms with van der Waals surface area (Å²) in [4.78, 5) is 1.76. The number of benzene rings is 4. The maximum atomic E-state index is 10.8. The molecule has 0 aromatic heterocycles. The first kappa shape index (κ1) is 22.1. The highest BCUT2D eigenvalue weighted by Crippen LogP contribution is 2.48. The zero-order valence-corrected chi connectivity index (χ0v) is 19.1. The van der Waals surface area contributed by atoms with Crippen LogP contribution in [0.5, 0.6) is 28.7 Å². The fourth-order valence-electron chi connectivity index (χ4n) is 3.92. The Bertz CT molecular complexity index is 1260. The molecule has 0 saturated carbocycles. The molecular formula is C28H27NO4. The van der Waals surface area contributed by atoms with Gasteiger partial charge in [-0.3, -0.25) is 4.90 Å². The Balaban J connectivity index is 1.95. The smallest absolute Gasteiger partial charge is 0.172 e. The largest absolute Gasteiger partial charge is 0.506 e. The Kier molecular flexibility index (Phi) is 5.88. The van der Waals surface area contributed by atoms with Crippen molar-refractivity contribution in [1.29, 1.82) is 0 Å². The van der Waals surface area contributed by atoms with Crippen molar-refractivity contribution < 1.29 is 20.1 Å². The van der Waals surface area contributed by atoms with Crippen molar-refractivity contribution in [2.75, 3.05) is 4.90 Å². The van der Waals surface area contributed by atoms with Gasteiger partial charge in [-0.1, -0.05) is 30.3 Å². The summed E-state index contributed by atoms with van der Waals surface area (Å²) in [5.41, 5.74) is 5.22. The zero-order valence-electron chi connectivity index (χ0n) is 19.1. The second kappa shape index (κ2) is 8.79. The quantitative estimate of drug-likeness (QED) is 0.303. The monoisotopic (exact) mass is 441 g/mol. The van der Waals surface area contributed by atoms with Gasteiger partial charge in [0, 0.05) is 0 Å². The van der Waals surface area contributed by atoms with E-state index in [4.69, 9.17) is 4.74 Å². The van der Waals surface area contributed by atoms with Gasteiger partial charge < -0.3 is 20.1 Å². The first-order valence-electron chi connectivity index (χ1n) is 10.7. The van der Waals surface area contributed by atoms with Crippen molar-refractivity contribution in [1.82, 2.24) is 0 Å². The SMILES string of the molecule is Cc1cc(C)c(Oc2ccccc2N(c2cc(C)ccc2O)c2cc(C)ccc2O)c(O)c1. The number of hydrogen-bond donors (Lipinski definition) is 3. The molecule has 4 rings (SSSR count). The van der Waals surface area contributed by atoms with Crippen LogP contribution in [0.25, 0.3) is 0 Å². The average molecular weight is 442 g/mol. The van der Waals surface area contributed by atoms with Gasteiger partial charge in [-0.05, 0) is 92.4 Å². The summed E-state index contributed by atoms with van der Waals surface area (Å²) in [7, 11) is 0. The number of ether oxygens (including phenoxy) is 1. The van der Waals surface area contributed by atoms with E-state index < -0.39 is 0 Å². The van der Waals surface area contributed by atoms with E-state index in [1.54, 1.807) is 29.2 Å². The molecule has 0 atom stereocenters. The van der Waals surface area contributed by atoms with Gasteiger partial charge in [-0.2, -0.15) is 0 Å². The van der Waals surface area contributed by atoms with Gasteiger partial charge in [0.1, 0.15) is 11.5 Å². The molecule has 0 bridgehead atoms. The number of phenolic OH excluding ortho intramolecular Hbond substituents is 3. The third kappa shape index (κ3) is 4.44. The number of phenols is 3. The van der Waals surface area contributed by atoms with Gasteiger partial charge in [0.05, 0.1) is 17.1 Å². The molecule has 0 amide bonds. The molecule has 0 unspecified atom stereocenters. The summed E-state index contributed by atoms with van der Waals surface area (Å²) in [6.45, 7) is 7.66. The van der Waals surface area contributed by atoms with Crippen LogP contribution in [0.3, 0.4) is 0 Å². The van der Waals surface area contributed by atoms with E-state index in [0.29, 0.717) is 28.6 Å². The summed E-state index contributed by atoms with van der Waals surface area (Å²) < 4.78 is 6.24. The summed E-state index contributed by atoms with van der Waals surface area (Å²) in [6.07, 6.45) is 0. The van der Waals surface area contributed by atoms with Crippen LogP contribution in [0, 0.1) is 27.7 Å². The van der Waals surface area contributed by atoms with E-state index in [0.717, 1.165) is 22.3 Å². The minimum atomic E-state index is 0.0469. The number of aromatic hydroxyl groups is 3. The summed E-state index contributed by atoms with van der Waals surface area (Å²) >= 11 is 0. The van der Waals surface area contributed by atoms with Crippen LogP contribution in [-0.2, 0) is 0 Å². The molecule has 0 spiro atoms. The van der Waals surface area contributed by atoms with Crippen LogP contribution in [0.4, 0.5) is 17.1 Å². The van der Waals surface area contributed by atoms with Crippen molar-refractivity contribution in [3.05, 3.63) is 95.1 Å². The topological polar surface area (TPSA) is 73.2 Å². The van der Waals surface area contributed by atoms with Gasteiger partial charge in [0.2, 0.25) is 0 Å². The standard InChI is InChI=1S/C28H27NO4/c1-17-9-11-24(30)22(14-17)29(23-15-18(2)10-12-25(23)31)21-7-5-6-8-27(21)33-28-20(4)13-19(3)16-26(28)32/h5-16,30-32H,1-4H3. The molecule has 0 aliphatic rings. The maximum Gasteiger partial charge on any atom is 0.172 e. The van der Waals surface area contributed by atoms with Crippen molar-refractivity contribution in [3.8, 4) is 28.7 Å². The third-order valence-corrected chi connectivity index (χ3v) is 5.46. The highest BCUT2D eigenvalue weighted by Gasteiger charge is 2.23. The molecule has 4 aromatic carbocycles. The van der Waals surface area contributed by atoms with E-state index in [2.05, 4.69) is 0 Å². The Morgan fingerprint density at radius 2 is 1.15 bits per heavy atom. The van der Waals surface area contributed by atoms with E-state index in [9.17, 15) is 15.3 Å². The number of anilines is 3. The second-order valence-corrected chi connectivity index (χ2v) is 8.32. The molecule has 0 radical (unpaired) electrons. The molecule has 4 aromatic rings. The normalized spacial score (nSPS) is 10.8. The van der Waals surface area contributed by atoms with Crippen LogP contribution >= 0.6 is 0 Å². The lowest BCUT2D eigenvalue weighted by Gasteiger charge is -2.29. The Labute approximate surface area is 193 Å². The number of hydrogen-bond acceptors (Lipinski definition) is 5.